The van der Waals surface area contributed by atoms with Gasteiger partial charge in [-0.05, 0) is 19.5 Å². The Bertz CT molecular complexity index is 379. The Morgan fingerprint density at radius 1 is 1.28 bits per heavy atom. The number of benzene rings is 1. The quantitative estimate of drug-likeness (QED) is 0.796. The molecule has 1 unspecified atom stereocenters. The molecule has 1 N–H and O–H groups in total. The van der Waals surface area contributed by atoms with Crippen molar-refractivity contribution in [2.24, 2.45) is 0 Å². The molecule has 100 valence electrons. The molecule has 0 fully saturated rings. The van der Waals surface area contributed by atoms with Gasteiger partial charge in [0.1, 0.15) is 0 Å². The Morgan fingerprint density at radius 3 is 2.28 bits per heavy atom. The van der Waals surface area contributed by atoms with Crippen molar-refractivity contribution in [3.05, 3.63) is 35.4 Å². The molecule has 0 aromatic heterocycles. The molecule has 1 rings (SSSR count). The van der Waals surface area contributed by atoms with Gasteiger partial charge in [-0.2, -0.15) is 0 Å². The van der Waals surface area contributed by atoms with E-state index in [0.717, 1.165) is 5.56 Å². The van der Waals surface area contributed by atoms with Gasteiger partial charge in [-0.15, -0.1) is 0 Å². The molecule has 0 saturated heterocycles. The van der Waals surface area contributed by atoms with Gasteiger partial charge in [-0.1, -0.05) is 24.3 Å². The lowest BCUT2D eigenvalue weighted by atomic mass is 10.0. The number of hydrogen-bond acceptors (Lipinski definition) is 3. The maximum atomic E-state index is 12.4. The van der Waals surface area contributed by atoms with E-state index in [1.807, 2.05) is 0 Å². The van der Waals surface area contributed by atoms with E-state index < -0.39 is 6.43 Å². The second kappa shape index (κ2) is 7.06. The Balaban J connectivity index is 2.73. The summed E-state index contributed by atoms with van der Waals surface area (Å²) in [6.07, 6.45) is -2.30. The summed E-state index contributed by atoms with van der Waals surface area (Å²) in [5.74, 6) is -0.310. The lowest BCUT2D eigenvalue weighted by Crippen LogP contribution is -2.21. The highest BCUT2D eigenvalue weighted by Gasteiger charge is 2.15. The van der Waals surface area contributed by atoms with Crippen LogP contribution in [0.15, 0.2) is 24.3 Å². The van der Waals surface area contributed by atoms with Crippen LogP contribution in [-0.4, -0.2) is 19.6 Å². The molecule has 18 heavy (non-hydrogen) atoms. The summed E-state index contributed by atoms with van der Waals surface area (Å²) < 4.78 is 29.7. The monoisotopic (exact) mass is 257 g/mol. The number of rotatable bonds is 6. The average Bonchev–Trinajstić information content (AvgIpc) is 2.36. The first-order chi connectivity index (χ1) is 8.58. The zero-order chi connectivity index (χ0) is 13.5. The van der Waals surface area contributed by atoms with Crippen molar-refractivity contribution < 1.29 is 18.3 Å². The molecule has 1 aromatic rings. The van der Waals surface area contributed by atoms with Gasteiger partial charge in [0.25, 0.3) is 6.43 Å². The Kier molecular flexibility index (Phi) is 5.71. The van der Waals surface area contributed by atoms with Crippen LogP contribution in [0.4, 0.5) is 8.78 Å². The topological polar surface area (TPSA) is 38.3 Å². The van der Waals surface area contributed by atoms with Gasteiger partial charge in [-0.3, -0.25) is 4.79 Å². The summed E-state index contributed by atoms with van der Waals surface area (Å²) in [4.78, 5) is 11.4. The number of ether oxygens (including phenoxy) is 1. The van der Waals surface area contributed by atoms with E-state index in [4.69, 9.17) is 4.74 Å². The minimum atomic E-state index is -2.47. The number of esters is 1. The predicted molar refractivity (Wildman–Crippen MR) is 64.4 cm³/mol. The minimum absolute atomic E-state index is 0.0234. The van der Waals surface area contributed by atoms with E-state index in [-0.39, 0.29) is 24.0 Å². The summed E-state index contributed by atoms with van der Waals surface area (Å²) in [5.41, 5.74) is 0.764. The van der Waals surface area contributed by atoms with Crippen molar-refractivity contribution in [2.45, 2.75) is 25.8 Å². The van der Waals surface area contributed by atoms with Crippen molar-refractivity contribution in [1.82, 2.24) is 5.32 Å². The minimum Gasteiger partial charge on any atom is -0.466 e. The molecule has 0 aliphatic carbocycles. The lowest BCUT2D eigenvalue weighted by molar-refractivity contribution is -0.143. The van der Waals surface area contributed by atoms with Crippen LogP contribution in [0.25, 0.3) is 0 Å². The number of hydrogen-bond donors (Lipinski definition) is 1. The third-order valence-electron chi connectivity index (χ3n) is 2.62. The number of carbonyl (C=O) groups excluding carboxylic acids is 1. The van der Waals surface area contributed by atoms with Gasteiger partial charge >= 0.3 is 5.97 Å². The summed E-state index contributed by atoms with van der Waals surface area (Å²) >= 11 is 0. The summed E-state index contributed by atoms with van der Waals surface area (Å²) in [6.45, 7) is 2.07. The predicted octanol–water partition coefficient (Wildman–Crippen LogP) is 2.84. The van der Waals surface area contributed by atoms with E-state index in [1.54, 1.807) is 26.1 Å². The van der Waals surface area contributed by atoms with Crippen LogP contribution < -0.4 is 5.32 Å². The highest BCUT2D eigenvalue weighted by molar-refractivity contribution is 5.70. The Hall–Kier alpha value is -1.49. The van der Waals surface area contributed by atoms with E-state index in [1.165, 1.54) is 12.1 Å². The van der Waals surface area contributed by atoms with Crippen LogP contribution in [0.1, 0.15) is 36.9 Å². The van der Waals surface area contributed by atoms with Crippen LogP contribution in [0.3, 0.4) is 0 Å². The fourth-order valence-electron chi connectivity index (χ4n) is 1.65. The van der Waals surface area contributed by atoms with Gasteiger partial charge in [0.2, 0.25) is 0 Å². The first-order valence-electron chi connectivity index (χ1n) is 5.79. The highest BCUT2D eigenvalue weighted by Crippen LogP contribution is 2.22. The van der Waals surface area contributed by atoms with E-state index in [2.05, 4.69) is 5.32 Å². The van der Waals surface area contributed by atoms with Crippen LogP contribution >= 0.6 is 0 Å². The van der Waals surface area contributed by atoms with Gasteiger partial charge in [0.05, 0.1) is 13.0 Å². The van der Waals surface area contributed by atoms with Gasteiger partial charge in [0.15, 0.2) is 0 Å². The van der Waals surface area contributed by atoms with Crippen LogP contribution in [-0.2, 0) is 9.53 Å². The maximum absolute atomic E-state index is 12.4. The molecule has 3 nitrogen and oxygen atoms in total. The smallest absolute Gasteiger partial charge is 0.307 e. The maximum Gasteiger partial charge on any atom is 0.307 e. The van der Waals surface area contributed by atoms with E-state index >= 15 is 0 Å². The molecule has 5 heteroatoms. The molecule has 0 bridgehead atoms. The summed E-state index contributed by atoms with van der Waals surface area (Å²) in [5, 5.41) is 2.97. The first kappa shape index (κ1) is 14.6. The van der Waals surface area contributed by atoms with Crippen molar-refractivity contribution >= 4 is 5.97 Å². The molecule has 0 heterocycles. The lowest BCUT2D eigenvalue weighted by Gasteiger charge is -2.16. The fourth-order valence-corrected chi connectivity index (χ4v) is 1.65. The molecule has 1 aromatic carbocycles. The van der Waals surface area contributed by atoms with Gasteiger partial charge in [-0.25, -0.2) is 8.78 Å². The molecule has 0 spiro atoms. The SMILES string of the molecule is CCOC(=O)CC(NC)c1ccc(C(F)F)cc1. The standard InChI is InChI=1S/C13H17F2NO2/c1-3-18-12(17)8-11(16-2)9-4-6-10(7-5-9)13(14)15/h4-7,11,13,16H,3,8H2,1-2H3. The molecule has 0 aliphatic heterocycles. The zero-order valence-corrected chi connectivity index (χ0v) is 10.5. The Morgan fingerprint density at radius 2 is 1.83 bits per heavy atom. The molecular formula is C13H17F2NO2. The summed E-state index contributed by atoms with van der Waals surface area (Å²) in [6, 6.07) is 5.71. The molecular weight excluding hydrogens is 240 g/mol. The van der Waals surface area contributed by atoms with Crippen molar-refractivity contribution in [2.75, 3.05) is 13.7 Å². The third-order valence-corrected chi connectivity index (χ3v) is 2.62. The van der Waals surface area contributed by atoms with Crippen LogP contribution in [0.5, 0.6) is 0 Å². The largest absolute Gasteiger partial charge is 0.466 e. The van der Waals surface area contributed by atoms with E-state index in [0.29, 0.717) is 6.61 Å². The summed E-state index contributed by atoms with van der Waals surface area (Å²) in [7, 11) is 1.71. The van der Waals surface area contributed by atoms with Crippen LogP contribution in [0, 0.1) is 0 Å². The average molecular weight is 257 g/mol. The van der Waals surface area contributed by atoms with Gasteiger partial charge in [0, 0.05) is 11.6 Å². The molecule has 0 amide bonds. The number of nitrogens with one attached hydrogen (secondary N) is 1. The number of alkyl halides is 2. The molecule has 1 atom stereocenters. The van der Waals surface area contributed by atoms with Crippen molar-refractivity contribution in [3.8, 4) is 0 Å². The van der Waals surface area contributed by atoms with E-state index in [9.17, 15) is 13.6 Å². The normalized spacial score (nSPS) is 12.5. The van der Waals surface area contributed by atoms with Crippen molar-refractivity contribution in [1.29, 1.82) is 0 Å². The number of halogens is 2. The third kappa shape index (κ3) is 4.07. The second-order valence-corrected chi connectivity index (χ2v) is 3.82. The first-order valence-corrected chi connectivity index (χ1v) is 5.79. The Labute approximate surface area is 105 Å². The van der Waals surface area contributed by atoms with Gasteiger partial charge < -0.3 is 10.1 Å². The zero-order valence-electron chi connectivity index (χ0n) is 10.5. The van der Waals surface area contributed by atoms with Crippen LogP contribution in [0.2, 0.25) is 0 Å². The fraction of sp³-hybridized carbons (Fsp3) is 0.462. The highest BCUT2D eigenvalue weighted by atomic mass is 19.3. The second-order valence-electron chi connectivity index (χ2n) is 3.82. The number of carbonyl (C=O) groups is 1. The van der Waals surface area contributed by atoms with Crippen molar-refractivity contribution in [3.63, 3.8) is 0 Å². The molecule has 0 radical (unpaired) electrons. The molecule has 0 aliphatic rings. The molecule has 0 saturated carbocycles.